The van der Waals surface area contributed by atoms with Crippen LogP contribution in [0.4, 0.5) is 5.82 Å². The Morgan fingerprint density at radius 2 is 2.35 bits per heavy atom. The first kappa shape index (κ1) is 11.6. The molecule has 1 unspecified atom stereocenters. The average molecular weight is 232 g/mol. The summed E-state index contributed by atoms with van der Waals surface area (Å²) in [4.78, 5) is 14.7. The third-order valence-corrected chi connectivity index (χ3v) is 2.96. The number of anilines is 1. The van der Waals surface area contributed by atoms with Crippen LogP contribution in [0.1, 0.15) is 29.6 Å². The first-order valence-corrected chi connectivity index (χ1v) is 5.84. The van der Waals surface area contributed by atoms with Crippen LogP contribution in [-0.2, 0) is 0 Å². The van der Waals surface area contributed by atoms with Gasteiger partial charge >= 0.3 is 5.97 Å². The molecule has 1 aliphatic carbocycles. The summed E-state index contributed by atoms with van der Waals surface area (Å²) < 4.78 is 0. The van der Waals surface area contributed by atoms with Crippen molar-refractivity contribution in [3.05, 3.63) is 36.0 Å². The van der Waals surface area contributed by atoms with Crippen LogP contribution in [0.5, 0.6) is 0 Å². The number of aromatic nitrogens is 1. The molecule has 2 N–H and O–H groups in total. The smallest absolute Gasteiger partial charge is 0.337 e. The first-order valence-electron chi connectivity index (χ1n) is 5.84. The molecule has 0 fully saturated rings. The average Bonchev–Trinajstić information content (AvgIpc) is 2.38. The minimum Gasteiger partial charge on any atom is -0.478 e. The second-order valence-electron chi connectivity index (χ2n) is 4.27. The Kier molecular flexibility index (Phi) is 3.75. The zero-order valence-electron chi connectivity index (χ0n) is 9.60. The molecule has 0 spiro atoms. The fourth-order valence-corrected chi connectivity index (χ4v) is 1.92. The van der Waals surface area contributed by atoms with Gasteiger partial charge in [-0.1, -0.05) is 12.2 Å². The van der Waals surface area contributed by atoms with Crippen LogP contribution in [0.25, 0.3) is 0 Å². The minimum absolute atomic E-state index is 0.219. The van der Waals surface area contributed by atoms with E-state index in [4.69, 9.17) is 5.11 Å². The topological polar surface area (TPSA) is 62.2 Å². The number of carboxylic acids is 1. The standard InChI is InChI=1S/C13H16N2O2/c16-13(17)11-6-7-12(15-9-11)14-8-10-4-2-1-3-5-10/h1-2,6-7,9-10H,3-5,8H2,(H,14,15)(H,16,17). The molecule has 4 nitrogen and oxygen atoms in total. The number of carboxylic acid groups (broad SMARTS) is 1. The van der Waals surface area contributed by atoms with E-state index in [0.29, 0.717) is 5.92 Å². The Bertz CT molecular complexity index is 412. The van der Waals surface area contributed by atoms with Crippen molar-refractivity contribution in [2.45, 2.75) is 19.3 Å². The van der Waals surface area contributed by atoms with Crippen molar-refractivity contribution in [1.29, 1.82) is 0 Å². The summed E-state index contributed by atoms with van der Waals surface area (Å²) in [6.45, 7) is 0.893. The Morgan fingerprint density at radius 1 is 1.47 bits per heavy atom. The van der Waals surface area contributed by atoms with Crippen LogP contribution in [0.2, 0.25) is 0 Å². The molecule has 0 saturated heterocycles. The van der Waals surface area contributed by atoms with Crippen molar-refractivity contribution in [3.8, 4) is 0 Å². The lowest BCUT2D eigenvalue weighted by Crippen LogP contribution is -2.16. The van der Waals surface area contributed by atoms with Gasteiger partial charge in [-0.2, -0.15) is 0 Å². The highest BCUT2D eigenvalue weighted by atomic mass is 16.4. The molecule has 4 heteroatoms. The summed E-state index contributed by atoms with van der Waals surface area (Å²) >= 11 is 0. The first-order chi connectivity index (χ1) is 8.25. The van der Waals surface area contributed by atoms with Crippen LogP contribution in [-0.4, -0.2) is 22.6 Å². The number of carbonyl (C=O) groups is 1. The highest BCUT2D eigenvalue weighted by molar-refractivity contribution is 5.87. The van der Waals surface area contributed by atoms with Gasteiger partial charge in [0.2, 0.25) is 0 Å². The van der Waals surface area contributed by atoms with Crippen molar-refractivity contribution in [2.24, 2.45) is 5.92 Å². The van der Waals surface area contributed by atoms with Crippen molar-refractivity contribution in [3.63, 3.8) is 0 Å². The molecule has 1 aromatic rings. The quantitative estimate of drug-likeness (QED) is 0.783. The molecule has 2 rings (SSSR count). The van der Waals surface area contributed by atoms with Crippen LogP contribution in [0, 0.1) is 5.92 Å². The van der Waals surface area contributed by atoms with Gasteiger partial charge in [0.05, 0.1) is 5.56 Å². The molecular weight excluding hydrogens is 216 g/mol. The van der Waals surface area contributed by atoms with Crippen LogP contribution in [0.3, 0.4) is 0 Å². The van der Waals surface area contributed by atoms with Crippen molar-refractivity contribution < 1.29 is 9.90 Å². The van der Waals surface area contributed by atoms with E-state index < -0.39 is 5.97 Å². The van der Waals surface area contributed by atoms with Crippen molar-refractivity contribution in [1.82, 2.24) is 4.98 Å². The monoisotopic (exact) mass is 232 g/mol. The number of aromatic carboxylic acids is 1. The molecule has 1 aromatic heterocycles. The lowest BCUT2D eigenvalue weighted by molar-refractivity contribution is 0.0696. The molecule has 0 aliphatic heterocycles. The molecule has 17 heavy (non-hydrogen) atoms. The predicted octanol–water partition coefficient (Wildman–Crippen LogP) is 2.55. The van der Waals surface area contributed by atoms with Crippen LogP contribution in [0.15, 0.2) is 30.5 Å². The molecule has 0 radical (unpaired) electrons. The Balaban J connectivity index is 1.86. The maximum atomic E-state index is 10.6. The second kappa shape index (κ2) is 5.48. The summed E-state index contributed by atoms with van der Waals surface area (Å²) in [5.74, 6) is 0.451. The summed E-state index contributed by atoms with van der Waals surface area (Å²) in [5, 5.41) is 12.0. The third kappa shape index (κ3) is 3.31. The fourth-order valence-electron chi connectivity index (χ4n) is 1.92. The lowest BCUT2D eigenvalue weighted by atomic mass is 9.94. The van der Waals surface area contributed by atoms with Gasteiger partial charge in [-0.15, -0.1) is 0 Å². The molecular formula is C13H16N2O2. The number of rotatable bonds is 4. The fraction of sp³-hybridized carbons (Fsp3) is 0.385. The Morgan fingerprint density at radius 3 is 2.94 bits per heavy atom. The summed E-state index contributed by atoms with van der Waals surface area (Å²) in [6, 6.07) is 3.28. The largest absolute Gasteiger partial charge is 0.478 e. The number of hydrogen-bond donors (Lipinski definition) is 2. The zero-order valence-corrected chi connectivity index (χ0v) is 9.60. The van der Waals surface area contributed by atoms with E-state index in [1.54, 1.807) is 12.1 Å². The zero-order chi connectivity index (χ0) is 12.1. The van der Waals surface area contributed by atoms with E-state index in [1.165, 1.54) is 12.6 Å². The Labute approximate surface area is 100 Å². The minimum atomic E-state index is -0.943. The molecule has 0 bridgehead atoms. The molecule has 0 aromatic carbocycles. The van der Waals surface area contributed by atoms with Crippen molar-refractivity contribution in [2.75, 3.05) is 11.9 Å². The van der Waals surface area contributed by atoms with Gasteiger partial charge in [0.25, 0.3) is 0 Å². The van der Waals surface area contributed by atoms with Crippen LogP contribution >= 0.6 is 0 Å². The number of pyridine rings is 1. The highest BCUT2D eigenvalue weighted by Gasteiger charge is 2.09. The molecule has 1 atom stereocenters. The number of nitrogens with zero attached hydrogens (tertiary/aromatic N) is 1. The van der Waals surface area contributed by atoms with E-state index in [-0.39, 0.29) is 5.56 Å². The second-order valence-corrected chi connectivity index (χ2v) is 4.27. The predicted molar refractivity (Wildman–Crippen MR) is 66.2 cm³/mol. The summed E-state index contributed by atoms with van der Waals surface area (Å²) in [6.07, 6.45) is 9.29. The van der Waals surface area contributed by atoms with E-state index in [0.717, 1.165) is 25.2 Å². The maximum absolute atomic E-state index is 10.6. The number of hydrogen-bond acceptors (Lipinski definition) is 3. The molecule has 90 valence electrons. The van der Waals surface area contributed by atoms with Gasteiger partial charge in [0.1, 0.15) is 5.82 Å². The van der Waals surface area contributed by atoms with Gasteiger partial charge in [0, 0.05) is 12.7 Å². The SMILES string of the molecule is O=C(O)c1ccc(NCC2CC=CCC2)nc1. The van der Waals surface area contributed by atoms with E-state index >= 15 is 0 Å². The van der Waals surface area contributed by atoms with Crippen LogP contribution < -0.4 is 5.32 Å². The molecule has 0 amide bonds. The molecule has 1 heterocycles. The van der Waals surface area contributed by atoms with E-state index in [2.05, 4.69) is 22.5 Å². The maximum Gasteiger partial charge on any atom is 0.337 e. The summed E-state index contributed by atoms with van der Waals surface area (Å²) in [7, 11) is 0. The third-order valence-electron chi connectivity index (χ3n) is 2.96. The van der Waals surface area contributed by atoms with Gasteiger partial charge in [-0.3, -0.25) is 0 Å². The number of allylic oxidation sites excluding steroid dienone is 2. The molecule has 0 saturated carbocycles. The normalized spacial score (nSPS) is 18.9. The summed E-state index contributed by atoms with van der Waals surface area (Å²) in [5.41, 5.74) is 0.219. The van der Waals surface area contributed by atoms with Gasteiger partial charge in [-0.25, -0.2) is 9.78 Å². The lowest BCUT2D eigenvalue weighted by Gasteiger charge is -2.18. The highest BCUT2D eigenvalue weighted by Crippen LogP contribution is 2.18. The van der Waals surface area contributed by atoms with Gasteiger partial charge in [-0.05, 0) is 37.3 Å². The molecule has 1 aliphatic rings. The van der Waals surface area contributed by atoms with Crippen molar-refractivity contribution >= 4 is 11.8 Å². The van der Waals surface area contributed by atoms with Gasteiger partial charge < -0.3 is 10.4 Å². The van der Waals surface area contributed by atoms with Gasteiger partial charge in [0.15, 0.2) is 0 Å². The Hall–Kier alpha value is -1.84. The van der Waals surface area contributed by atoms with E-state index in [9.17, 15) is 4.79 Å². The van der Waals surface area contributed by atoms with E-state index in [1.807, 2.05) is 0 Å². The number of nitrogens with one attached hydrogen (secondary N) is 1.